The van der Waals surface area contributed by atoms with Gasteiger partial charge in [-0.1, -0.05) is 76.2 Å². The number of rotatable bonds is 6. The third-order valence-corrected chi connectivity index (χ3v) is 4.86. The number of hydrogen-bond donors (Lipinski definition) is 2. The summed E-state index contributed by atoms with van der Waals surface area (Å²) >= 11 is 0. The molecule has 1 atom stereocenters. The maximum atomic E-state index is 12.5. The first-order chi connectivity index (χ1) is 14.3. The fourth-order valence-corrected chi connectivity index (χ4v) is 3.16. The highest BCUT2D eigenvalue weighted by Gasteiger charge is 2.20. The molecule has 1 heterocycles. The van der Waals surface area contributed by atoms with E-state index in [1.807, 2.05) is 42.5 Å². The summed E-state index contributed by atoms with van der Waals surface area (Å²) in [5.41, 5.74) is 2.69. The molecule has 5 nitrogen and oxygen atoms in total. The zero-order valence-corrected chi connectivity index (χ0v) is 18.0. The van der Waals surface area contributed by atoms with Crippen LogP contribution in [0.4, 0.5) is 10.5 Å². The summed E-state index contributed by atoms with van der Waals surface area (Å²) in [6, 6.07) is 21.2. The summed E-state index contributed by atoms with van der Waals surface area (Å²) in [5.74, 6) is 1.30. The third-order valence-electron chi connectivity index (χ3n) is 4.86. The van der Waals surface area contributed by atoms with Gasteiger partial charge in [-0.3, -0.25) is 0 Å². The highest BCUT2D eigenvalue weighted by atomic mass is 16.5. The van der Waals surface area contributed by atoms with Crippen LogP contribution in [0.3, 0.4) is 0 Å². The fraction of sp³-hybridized carbons (Fsp3) is 0.280. The zero-order valence-electron chi connectivity index (χ0n) is 18.0. The number of carbonyl (C=O) groups is 1. The van der Waals surface area contributed by atoms with Gasteiger partial charge in [0.2, 0.25) is 5.88 Å². The predicted molar refractivity (Wildman–Crippen MR) is 121 cm³/mol. The molecule has 30 heavy (non-hydrogen) atoms. The lowest BCUT2D eigenvalue weighted by Gasteiger charge is -2.22. The quantitative estimate of drug-likeness (QED) is 0.523. The maximum absolute atomic E-state index is 12.5. The summed E-state index contributed by atoms with van der Waals surface area (Å²) in [6.07, 6.45) is 1.65. The van der Waals surface area contributed by atoms with Gasteiger partial charge in [-0.2, -0.15) is 0 Å². The first-order valence-electron chi connectivity index (χ1n) is 10.2. The molecule has 2 N–H and O–H groups in total. The number of para-hydroxylation sites is 1. The Bertz CT molecular complexity index is 981. The molecule has 0 aliphatic heterocycles. The standard InChI is InChI=1S/C25H29N3O2/c1-18(19-11-6-5-7-12-19)17-27-24(29)28-21-14-10-16-26-23(21)30-22-15-9-8-13-20(22)25(2,3)4/h5-16,18H,17H2,1-4H3,(H2,27,28,29)/t18-/m1/s1. The normalized spacial score (nSPS) is 12.1. The molecule has 1 aromatic heterocycles. The molecule has 3 rings (SSSR count). The first-order valence-corrected chi connectivity index (χ1v) is 10.2. The van der Waals surface area contributed by atoms with E-state index < -0.39 is 0 Å². The summed E-state index contributed by atoms with van der Waals surface area (Å²) in [4.78, 5) is 16.8. The minimum atomic E-state index is -0.292. The number of nitrogens with zero attached hydrogens (tertiary/aromatic N) is 1. The zero-order chi connectivity index (χ0) is 21.6. The van der Waals surface area contributed by atoms with Crippen LogP contribution >= 0.6 is 0 Å². The Balaban J connectivity index is 1.68. The molecule has 0 aliphatic carbocycles. The van der Waals surface area contributed by atoms with Crippen LogP contribution < -0.4 is 15.4 Å². The average Bonchev–Trinajstić information content (AvgIpc) is 2.74. The molecule has 0 spiro atoms. The second-order valence-electron chi connectivity index (χ2n) is 8.35. The van der Waals surface area contributed by atoms with Crippen LogP contribution in [-0.4, -0.2) is 17.6 Å². The Morgan fingerprint density at radius 3 is 2.43 bits per heavy atom. The topological polar surface area (TPSA) is 63.2 Å². The Morgan fingerprint density at radius 1 is 1.00 bits per heavy atom. The molecule has 2 amide bonds. The number of anilines is 1. The third kappa shape index (κ3) is 5.60. The van der Waals surface area contributed by atoms with Gasteiger partial charge in [0, 0.05) is 18.3 Å². The number of aromatic nitrogens is 1. The van der Waals surface area contributed by atoms with Gasteiger partial charge in [-0.25, -0.2) is 9.78 Å². The van der Waals surface area contributed by atoms with E-state index in [0.29, 0.717) is 18.1 Å². The van der Waals surface area contributed by atoms with Gasteiger partial charge in [0.15, 0.2) is 0 Å². The number of benzene rings is 2. The monoisotopic (exact) mass is 403 g/mol. The predicted octanol–water partition coefficient (Wildman–Crippen LogP) is 6.10. The highest BCUT2D eigenvalue weighted by molar-refractivity contribution is 5.90. The van der Waals surface area contributed by atoms with Crippen molar-refractivity contribution in [1.82, 2.24) is 10.3 Å². The lowest BCUT2D eigenvalue weighted by Crippen LogP contribution is -2.31. The number of carbonyl (C=O) groups excluding carboxylic acids is 1. The molecular weight excluding hydrogens is 374 g/mol. The van der Waals surface area contributed by atoms with Crippen LogP contribution in [-0.2, 0) is 5.41 Å². The first kappa shape index (κ1) is 21.4. The van der Waals surface area contributed by atoms with Crippen molar-refractivity contribution in [3.05, 3.63) is 84.1 Å². The van der Waals surface area contributed by atoms with E-state index in [1.165, 1.54) is 5.56 Å². The molecule has 156 valence electrons. The SMILES string of the molecule is C[C@H](CNC(=O)Nc1cccnc1Oc1ccccc1C(C)(C)C)c1ccccc1. The smallest absolute Gasteiger partial charge is 0.319 e. The molecule has 0 radical (unpaired) electrons. The van der Waals surface area contributed by atoms with Crippen molar-refractivity contribution >= 4 is 11.7 Å². The Hall–Kier alpha value is -3.34. The number of ether oxygens (including phenoxy) is 1. The second kappa shape index (κ2) is 9.44. The van der Waals surface area contributed by atoms with E-state index in [0.717, 1.165) is 11.3 Å². The van der Waals surface area contributed by atoms with Crippen molar-refractivity contribution in [2.45, 2.75) is 39.0 Å². The number of urea groups is 1. The summed E-state index contributed by atoms with van der Waals surface area (Å²) in [7, 11) is 0. The minimum Gasteiger partial charge on any atom is -0.437 e. The van der Waals surface area contributed by atoms with Gasteiger partial charge in [-0.15, -0.1) is 0 Å². The van der Waals surface area contributed by atoms with Crippen molar-refractivity contribution in [2.75, 3.05) is 11.9 Å². The van der Waals surface area contributed by atoms with Crippen LogP contribution in [0.5, 0.6) is 11.6 Å². The second-order valence-corrected chi connectivity index (χ2v) is 8.35. The number of nitrogens with one attached hydrogen (secondary N) is 2. The van der Waals surface area contributed by atoms with E-state index >= 15 is 0 Å². The number of amides is 2. The van der Waals surface area contributed by atoms with Crippen molar-refractivity contribution in [2.24, 2.45) is 0 Å². The summed E-state index contributed by atoms with van der Waals surface area (Å²) < 4.78 is 6.11. The van der Waals surface area contributed by atoms with Gasteiger partial charge >= 0.3 is 6.03 Å². The Morgan fingerprint density at radius 2 is 1.70 bits per heavy atom. The molecule has 0 saturated carbocycles. The average molecular weight is 404 g/mol. The summed E-state index contributed by atoms with van der Waals surface area (Å²) in [6.45, 7) is 9.01. The minimum absolute atomic E-state index is 0.0794. The summed E-state index contributed by atoms with van der Waals surface area (Å²) in [5, 5.41) is 5.78. The molecule has 2 aromatic carbocycles. The van der Waals surface area contributed by atoms with Crippen LogP contribution in [0.2, 0.25) is 0 Å². The van der Waals surface area contributed by atoms with E-state index in [-0.39, 0.29) is 17.4 Å². The van der Waals surface area contributed by atoms with Crippen LogP contribution in [0, 0.1) is 0 Å². The molecule has 0 aliphatic rings. The largest absolute Gasteiger partial charge is 0.437 e. The van der Waals surface area contributed by atoms with Gasteiger partial charge < -0.3 is 15.4 Å². The number of pyridine rings is 1. The Labute approximate surface area is 178 Å². The van der Waals surface area contributed by atoms with Crippen molar-refractivity contribution in [3.63, 3.8) is 0 Å². The van der Waals surface area contributed by atoms with Crippen molar-refractivity contribution in [1.29, 1.82) is 0 Å². The van der Waals surface area contributed by atoms with E-state index in [4.69, 9.17) is 4.74 Å². The molecule has 3 aromatic rings. The Kier molecular flexibility index (Phi) is 6.72. The lowest BCUT2D eigenvalue weighted by molar-refractivity contribution is 0.251. The molecule has 0 fully saturated rings. The van der Waals surface area contributed by atoms with Crippen molar-refractivity contribution in [3.8, 4) is 11.6 Å². The van der Waals surface area contributed by atoms with Crippen LogP contribution in [0.15, 0.2) is 72.9 Å². The van der Waals surface area contributed by atoms with Crippen LogP contribution in [0.25, 0.3) is 0 Å². The van der Waals surface area contributed by atoms with Crippen molar-refractivity contribution < 1.29 is 9.53 Å². The van der Waals surface area contributed by atoms with Gasteiger partial charge in [0.25, 0.3) is 0 Å². The lowest BCUT2D eigenvalue weighted by atomic mass is 9.86. The van der Waals surface area contributed by atoms with Crippen LogP contribution in [0.1, 0.15) is 44.7 Å². The molecule has 0 unspecified atom stereocenters. The highest BCUT2D eigenvalue weighted by Crippen LogP contribution is 2.35. The molecular formula is C25H29N3O2. The molecule has 0 bridgehead atoms. The molecule has 5 heteroatoms. The van der Waals surface area contributed by atoms with E-state index in [1.54, 1.807) is 18.3 Å². The fourth-order valence-electron chi connectivity index (χ4n) is 3.16. The van der Waals surface area contributed by atoms with Gasteiger partial charge in [0.1, 0.15) is 11.4 Å². The van der Waals surface area contributed by atoms with Gasteiger partial charge in [0.05, 0.1) is 0 Å². The van der Waals surface area contributed by atoms with E-state index in [2.05, 4.69) is 55.4 Å². The molecule has 0 saturated heterocycles. The maximum Gasteiger partial charge on any atom is 0.319 e. The van der Waals surface area contributed by atoms with Gasteiger partial charge in [-0.05, 0) is 35.1 Å². The van der Waals surface area contributed by atoms with E-state index in [9.17, 15) is 4.79 Å². The number of hydrogen-bond acceptors (Lipinski definition) is 3.